The molecule has 0 aromatic heterocycles. The summed E-state index contributed by atoms with van der Waals surface area (Å²) in [6.45, 7) is 7.77. The van der Waals surface area contributed by atoms with Crippen LogP contribution in [0.5, 0.6) is 5.75 Å². The van der Waals surface area contributed by atoms with Gasteiger partial charge in [-0.1, -0.05) is 35.3 Å². The second-order valence-electron chi connectivity index (χ2n) is 5.83. The molecule has 0 bridgehead atoms. The van der Waals surface area contributed by atoms with Crippen LogP contribution in [0.25, 0.3) is 0 Å². The van der Waals surface area contributed by atoms with Crippen molar-refractivity contribution in [3.05, 3.63) is 58.1 Å². The monoisotopic (exact) mass is 407 g/mol. The van der Waals surface area contributed by atoms with E-state index in [0.717, 1.165) is 24.3 Å². The highest BCUT2D eigenvalue weighted by Crippen LogP contribution is 2.28. The van der Waals surface area contributed by atoms with Crippen LogP contribution in [0.2, 0.25) is 10.0 Å². The van der Waals surface area contributed by atoms with Crippen molar-refractivity contribution >= 4 is 41.0 Å². The largest absolute Gasteiger partial charge is 0.479 e. The standard InChI is InChI=1S/C20H23Cl2N3O2/c1-4-25(5-2)17-9-6-15(7-10-17)13-23-24-20(26)14(3)27-19-11-8-16(21)12-18(19)22/h6-14H,4-5H2,1-3H3,(H,24,26)/b23-13+. The molecule has 1 unspecified atom stereocenters. The van der Waals surface area contributed by atoms with E-state index < -0.39 is 6.10 Å². The molecular formula is C20H23Cl2N3O2. The van der Waals surface area contributed by atoms with Crippen molar-refractivity contribution in [2.45, 2.75) is 26.9 Å². The summed E-state index contributed by atoms with van der Waals surface area (Å²) in [4.78, 5) is 14.4. The van der Waals surface area contributed by atoms with Gasteiger partial charge in [-0.05, 0) is 56.7 Å². The van der Waals surface area contributed by atoms with Gasteiger partial charge in [-0.3, -0.25) is 4.79 Å². The highest BCUT2D eigenvalue weighted by molar-refractivity contribution is 6.35. The number of ether oxygens (including phenoxy) is 1. The van der Waals surface area contributed by atoms with E-state index in [1.807, 2.05) is 24.3 Å². The molecule has 0 saturated carbocycles. The predicted molar refractivity (Wildman–Crippen MR) is 112 cm³/mol. The normalized spacial score (nSPS) is 12.0. The molecule has 144 valence electrons. The molecule has 0 saturated heterocycles. The maximum atomic E-state index is 12.1. The number of hydrogen-bond donors (Lipinski definition) is 1. The Kier molecular flexibility index (Phi) is 7.95. The van der Waals surface area contributed by atoms with Crippen LogP contribution in [0.4, 0.5) is 5.69 Å². The average molecular weight is 408 g/mol. The minimum atomic E-state index is -0.758. The molecule has 2 aromatic rings. The lowest BCUT2D eigenvalue weighted by atomic mass is 10.2. The van der Waals surface area contributed by atoms with Crippen LogP contribution in [-0.4, -0.2) is 31.3 Å². The fraction of sp³-hybridized carbons (Fsp3) is 0.300. The van der Waals surface area contributed by atoms with Gasteiger partial charge in [0.1, 0.15) is 5.75 Å². The molecule has 0 aliphatic carbocycles. The topological polar surface area (TPSA) is 53.9 Å². The summed E-state index contributed by atoms with van der Waals surface area (Å²) in [6.07, 6.45) is 0.831. The molecule has 2 aromatic carbocycles. The van der Waals surface area contributed by atoms with E-state index in [-0.39, 0.29) is 5.91 Å². The van der Waals surface area contributed by atoms with Gasteiger partial charge >= 0.3 is 0 Å². The van der Waals surface area contributed by atoms with Crippen molar-refractivity contribution in [1.29, 1.82) is 0 Å². The number of amides is 1. The number of anilines is 1. The first kappa shape index (κ1) is 21.1. The zero-order valence-electron chi connectivity index (χ0n) is 15.6. The zero-order chi connectivity index (χ0) is 19.8. The Labute approximate surface area is 169 Å². The molecule has 0 heterocycles. The van der Waals surface area contributed by atoms with Crippen LogP contribution >= 0.6 is 23.2 Å². The first-order chi connectivity index (χ1) is 12.9. The van der Waals surface area contributed by atoms with Crippen molar-refractivity contribution in [3.8, 4) is 5.75 Å². The summed E-state index contributed by atoms with van der Waals surface area (Å²) in [5, 5.41) is 4.83. The summed E-state index contributed by atoms with van der Waals surface area (Å²) in [6, 6.07) is 12.8. The molecule has 27 heavy (non-hydrogen) atoms. The number of carbonyl (C=O) groups excluding carboxylic acids is 1. The molecule has 0 spiro atoms. The molecule has 7 heteroatoms. The number of nitrogens with zero attached hydrogens (tertiary/aromatic N) is 2. The molecule has 1 amide bonds. The van der Waals surface area contributed by atoms with Gasteiger partial charge in [0.15, 0.2) is 6.10 Å². The third-order valence-electron chi connectivity index (χ3n) is 3.98. The van der Waals surface area contributed by atoms with Crippen molar-refractivity contribution in [3.63, 3.8) is 0 Å². The average Bonchev–Trinajstić information content (AvgIpc) is 2.66. The van der Waals surface area contributed by atoms with E-state index >= 15 is 0 Å². The van der Waals surface area contributed by atoms with Gasteiger partial charge in [0, 0.05) is 23.8 Å². The quantitative estimate of drug-likeness (QED) is 0.506. The first-order valence-corrected chi connectivity index (χ1v) is 9.49. The predicted octanol–water partition coefficient (Wildman–Crippen LogP) is 4.76. The van der Waals surface area contributed by atoms with Gasteiger partial charge < -0.3 is 9.64 Å². The number of nitrogens with one attached hydrogen (secondary N) is 1. The number of halogens is 2. The van der Waals surface area contributed by atoms with Crippen LogP contribution in [-0.2, 0) is 4.79 Å². The number of rotatable bonds is 8. The van der Waals surface area contributed by atoms with Crippen molar-refractivity contribution in [1.82, 2.24) is 5.43 Å². The van der Waals surface area contributed by atoms with Crippen LogP contribution in [0.1, 0.15) is 26.3 Å². The summed E-state index contributed by atoms with van der Waals surface area (Å²) in [5.41, 5.74) is 4.51. The molecule has 1 N–H and O–H groups in total. The Morgan fingerprint density at radius 3 is 2.44 bits per heavy atom. The molecule has 1 atom stereocenters. The molecule has 0 aliphatic rings. The Hall–Kier alpha value is -2.24. The number of benzene rings is 2. The fourth-order valence-electron chi connectivity index (χ4n) is 2.44. The lowest BCUT2D eigenvalue weighted by Gasteiger charge is -2.20. The van der Waals surface area contributed by atoms with Crippen molar-refractivity contribution < 1.29 is 9.53 Å². The lowest BCUT2D eigenvalue weighted by molar-refractivity contribution is -0.127. The Morgan fingerprint density at radius 1 is 1.19 bits per heavy atom. The lowest BCUT2D eigenvalue weighted by Crippen LogP contribution is -2.33. The zero-order valence-corrected chi connectivity index (χ0v) is 17.1. The third-order valence-corrected chi connectivity index (χ3v) is 4.51. The molecular weight excluding hydrogens is 385 g/mol. The SMILES string of the molecule is CCN(CC)c1ccc(/C=N/NC(=O)C(C)Oc2ccc(Cl)cc2Cl)cc1. The van der Waals surface area contributed by atoms with Gasteiger partial charge in [-0.2, -0.15) is 5.10 Å². The molecule has 0 radical (unpaired) electrons. The maximum Gasteiger partial charge on any atom is 0.280 e. The Morgan fingerprint density at radius 2 is 1.85 bits per heavy atom. The fourth-order valence-corrected chi connectivity index (χ4v) is 2.89. The van der Waals surface area contributed by atoms with E-state index in [2.05, 4.69) is 29.3 Å². The van der Waals surface area contributed by atoms with Gasteiger partial charge in [0.05, 0.1) is 11.2 Å². The summed E-state index contributed by atoms with van der Waals surface area (Å²) in [5.74, 6) is 0.0108. The Balaban J connectivity index is 1.90. The van der Waals surface area contributed by atoms with Gasteiger partial charge in [-0.15, -0.1) is 0 Å². The van der Waals surface area contributed by atoms with Gasteiger partial charge in [0.25, 0.3) is 5.91 Å². The first-order valence-electron chi connectivity index (χ1n) is 8.74. The van der Waals surface area contributed by atoms with Crippen LogP contribution < -0.4 is 15.1 Å². The maximum absolute atomic E-state index is 12.1. The van der Waals surface area contributed by atoms with E-state index in [4.69, 9.17) is 27.9 Å². The van der Waals surface area contributed by atoms with Crippen molar-refractivity contribution in [2.24, 2.45) is 5.10 Å². The van der Waals surface area contributed by atoms with Crippen LogP contribution in [0.15, 0.2) is 47.6 Å². The second kappa shape index (κ2) is 10.2. The summed E-state index contributed by atoms with van der Waals surface area (Å²) < 4.78 is 5.55. The Bertz CT molecular complexity index is 790. The minimum absolute atomic E-state index is 0.346. The third kappa shape index (κ3) is 6.15. The molecule has 0 fully saturated rings. The highest BCUT2D eigenvalue weighted by atomic mass is 35.5. The van der Waals surface area contributed by atoms with E-state index in [9.17, 15) is 4.79 Å². The summed E-state index contributed by atoms with van der Waals surface area (Å²) in [7, 11) is 0. The minimum Gasteiger partial charge on any atom is -0.479 e. The molecule has 0 aliphatic heterocycles. The van der Waals surface area contributed by atoms with Crippen LogP contribution in [0.3, 0.4) is 0 Å². The second-order valence-corrected chi connectivity index (χ2v) is 6.68. The summed E-state index contributed by atoms with van der Waals surface area (Å²) >= 11 is 11.9. The van der Waals surface area contributed by atoms with Gasteiger partial charge in [0.2, 0.25) is 0 Å². The van der Waals surface area contributed by atoms with Gasteiger partial charge in [-0.25, -0.2) is 5.43 Å². The number of hydrazone groups is 1. The smallest absolute Gasteiger partial charge is 0.280 e. The van der Waals surface area contributed by atoms with E-state index in [1.165, 1.54) is 0 Å². The molecule has 5 nitrogen and oxygen atoms in total. The number of hydrogen-bond acceptors (Lipinski definition) is 4. The van der Waals surface area contributed by atoms with Crippen molar-refractivity contribution in [2.75, 3.05) is 18.0 Å². The van der Waals surface area contributed by atoms with E-state index in [1.54, 1.807) is 31.3 Å². The highest BCUT2D eigenvalue weighted by Gasteiger charge is 2.15. The molecule has 2 rings (SSSR count). The van der Waals surface area contributed by atoms with Crippen LogP contribution in [0, 0.1) is 0 Å². The number of carbonyl (C=O) groups is 1. The van der Waals surface area contributed by atoms with E-state index in [0.29, 0.717) is 15.8 Å².